The van der Waals surface area contributed by atoms with Crippen LogP contribution in [0.25, 0.3) is 0 Å². The van der Waals surface area contributed by atoms with Crippen LogP contribution in [0.3, 0.4) is 0 Å². The molecule has 2 aromatic carbocycles. The zero-order valence-corrected chi connectivity index (χ0v) is 15.6. The Morgan fingerprint density at radius 1 is 0.958 bits per heavy atom. The van der Waals surface area contributed by atoms with Crippen LogP contribution < -0.4 is 10.4 Å². The van der Waals surface area contributed by atoms with Gasteiger partial charge in [-0.2, -0.15) is 0 Å². The molecule has 2 unspecified atom stereocenters. The molecule has 1 fully saturated rings. The minimum atomic E-state index is -2.60. The van der Waals surface area contributed by atoms with E-state index >= 15 is 0 Å². The Balaban J connectivity index is 2.17. The van der Waals surface area contributed by atoms with E-state index in [4.69, 9.17) is 9.16 Å². The Bertz CT molecular complexity index is 612. The standard InChI is InChI=1S/C20H26O3Si/c1-20(2,3)24(16-10-6-4-7-11-16,17-12-8-5-9-13-17)23-18-14-15-22-19(18)21/h4-13,18-19,21H,14-15H2,1-3H3. The summed E-state index contributed by atoms with van der Waals surface area (Å²) in [6.45, 7) is 7.26. The number of ether oxygens (including phenoxy) is 1. The molecule has 128 valence electrons. The van der Waals surface area contributed by atoms with Crippen LogP contribution in [-0.4, -0.2) is 32.4 Å². The average molecular weight is 343 g/mol. The van der Waals surface area contributed by atoms with Crippen molar-refractivity contribution in [2.45, 2.75) is 44.6 Å². The van der Waals surface area contributed by atoms with Crippen LogP contribution in [0.4, 0.5) is 0 Å². The minimum Gasteiger partial charge on any atom is -0.399 e. The number of aliphatic hydroxyl groups is 1. The second kappa shape index (κ2) is 6.80. The maximum atomic E-state index is 10.2. The average Bonchev–Trinajstić information content (AvgIpc) is 2.98. The summed E-state index contributed by atoms with van der Waals surface area (Å²) >= 11 is 0. The van der Waals surface area contributed by atoms with Crippen molar-refractivity contribution < 1.29 is 14.3 Å². The fourth-order valence-electron chi connectivity index (χ4n) is 3.59. The van der Waals surface area contributed by atoms with Gasteiger partial charge in [0.15, 0.2) is 6.29 Å². The van der Waals surface area contributed by atoms with Crippen molar-refractivity contribution in [1.29, 1.82) is 0 Å². The highest BCUT2D eigenvalue weighted by atomic mass is 28.4. The maximum Gasteiger partial charge on any atom is 0.261 e. The Kier molecular flexibility index (Phi) is 4.92. The summed E-state index contributed by atoms with van der Waals surface area (Å²) in [7, 11) is -2.60. The van der Waals surface area contributed by atoms with E-state index in [1.165, 1.54) is 10.4 Å². The molecule has 0 aromatic heterocycles. The zero-order valence-electron chi connectivity index (χ0n) is 14.6. The lowest BCUT2D eigenvalue weighted by Crippen LogP contribution is -2.68. The van der Waals surface area contributed by atoms with Gasteiger partial charge in [0.05, 0.1) is 12.7 Å². The molecule has 1 saturated heterocycles. The smallest absolute Gasteiger partial charge is 0.261 e. The van der Waals surface area contributed by atoms with Crippen LogP contribution in [0.15, 0.2) is 60.7 Å². The first-order valence-electron chi connectivity index (χ1n) is 8.54. The van der Waals surface area contributed by atoms with Crippen molar-refractivity contribution in [3.8, 4) is 0 Å². The van der Waals surface area contributed by atoms with Crippen LogP contribution in [0.5, 0.6) is 0 Å². The highest BCUT2D eigenvalue weighted by Gasteiger charge is 2.52. The molecule has 4 heteroatoms. The van der Waals surface area contributed by atoms with E-state index in [2.05, 4.69) is 69.3 Å². The lowest BCUT2D eigenvalue weighted by Gasteiger charge is -2.44. The molecule has 1 aliphatic rings. The molecule has 3 rings (SSSR count). The fraction of sp³-hybridized carbons (Fsp3) is 0.400. The molecular formula is C20H26O3Si. The molecule has 2 aromatic rings. The van der Waals surface area contributed by atoms with Crippen molar-refractivity contribution in [3.63, 3.8) is 0 Å². The number of hydrogen-bond acceptors (Lipinski definition) is 3. The molecule has 0 bridgehead atoms. The van der Waals surface area contributed by atoms with Crippen LogP contribution >= 0.6 is 0 Å². The summed E-state index contributed by atoms with van der Waals surface area (Å²) in [6, 6.07) is 21.0. The van der Waals surface area contributed by atoms with E-state index in [0.717, 1.165) is 6.42 Å². The normalized spacial score (nSPS) is 21.8. The Morgan fingerprint density at radius 2 is 1.46 bits per heavy atom. The number of aliphatic hydroxyl groups excluding tert-OH is 1. The van der Waals surface area contributed by atoms with E-state index < -0.39 is 14.6 Å². The van der Waals surface area contributed by atoms with Gasteiger partial charge >= 0.3 is 0 Å². The van der Waals surface area contributed by atoms with Crippen molar-refractivity contribution in [1.82, 2.24) is 0 Å². The second-order valence-corrected chi connectivity index (χ2v) is 11.6. The second-order valence-electron chi connectivity index (χ2n) is 7.37. The number of rotatable bonds is 4. The topological polar surface area (TPSA) is 38.7 Å². The molecule has 3 nitrogen and oxygen atoms in total. The quantitative estimate of drug-likeness (QED) is 0.868. The molecule has 1 N–H and O–H groups in total. The molecule has 1 heterocycles. The first kappa shape index (κ1) is 17.4. The summed E-state index contributed by atoms with van der Waals surface area (Å²) in [6.07, 6.45) is -0.394. The Hall–Kier alpha value is -1.46. The van der Waals surface area contributed by atoms with Gasteiger partial charge in [-0.25, -0.2) is 0 Å². The first-order chi connectivity index (χ1) is 11.4. The summed E-state index contributed by atoms with van der Waals surface area (Å²) < 4.78 is 12.2. The Labute approximate surface area is 145 Å². The van der Waals surface area contributed by atoms with Crippen molar-refractivity contribution in [3.05, 3.63) is 60.7 Å². The van der Waals surface area contributed by atoms with Crippen LogP contribution in [-0.2, 0) is 9.16 Å². The van der Waals surface area contributed by atoms with Gasteiger partial charge < -0.3 is 14.3 Å². The van der Waals surface area contributed by atoms with E-state index in [-0.39, 0.29) is 11.1 Å². The van der Waals surface area contributed by atoms with Gasteiger partial charge in [0, 0.05) is 6.42 Å². The van der Waals surface area contributed by atoms with Crippen molar-refractivity contribution in [2.24, 2.45) is 0 Å². The fourth-order valence-corrected chi connectivity index (χ4v) is 8.29. The van der Waals surface area contributed by atoms with Gasteiger partial charge in [-0.3, -0.25) is 0 Å². The SMILES string of the molecule is CC(C)(C)[Si](OC1CCOC1O)(c1ccccc1)c1ccccc1. The largest absolute Gasteiger partial charge is 0.399 e. The van der Waals surface area contributed by atoms with Gasteiger partial charge in [0.2, 0.25) is 0 Å². The lowest BCUT2D eigenvalue weighted by atomic mass is 10.2. The molecule has 24 heavy (non-hydrogen) atoms. The van der Waals surface area contributed by atoms with E-state index in [1.54, 1.807) is 0 Å². The highest BCUT2D eigenvalue weighted by molar-refractivity contribution is 6.99. The lowest BCUT2D eigenvalue weighted by molar-refractivity contribution is -0.103. The Morgan fingerprint density at radius 3 is 1.83 bits per heavy atom. The van der Waals surface area contributed by atoms with Gasteiger partial charge in [-0.05, 0) is 15.4 Å². The van der Waals surface area contributed by atoms with Gasteiger partial charge in [-0.15, -0.1) is 0 Å². The third kappa shape index (κ3) is 3.07. The van der Waals surface area contributed by atoms with E-state index in [0.29, 0.717) is 6.61 Å². The predicted octanol–water partition coefficient (Wildman–Crippen LogP) is 2.67. The third-order valence-electron chi connectivity index (χ3n) is 4.75. The van der Waals surface area contributed by atoms with Gasteiger partial charge in [-0.1, -0.05) is 81.4 Å². The third-order valence-corrected chi connectivity index (χ3v) is 9.82. The maximum absolute atomic E-state index is 10.2. The summed E-state index contributed by atoms with van der Waals surface area (Å²) in [5.74, 6) is 0. The molecule has 0 spiro atoms. The van der Waals surface area contributed by atoms with Crippen LogP contribution in [0.1, 0.15) is 27.2 Å². The molecule has 0 radical (unpaired) electrons. The van der Waals surface area contributed by atoms with Crippen LogP contribution in [0, 0.1) is 0 Å². The van der Waals surface area contributed by atoms with Gasteiger partial charge in [0.25, 0.3) is 8.32 Å². The summed E-state index contributed by atoms with van der Waals surface area (Å²) in [5.41, 5.74) is 0. The van der Waals surface area contributed by atoms with Gasteiger partial charge in [0.1, 0.15) is 0 Å². The monoisotopic (exact) mass is 342 g/mol. The predicted molar refractivity (Wildman–Crippen MR) is 99.1 cm³/mol. The molecule has 1 aliphatic heterocycles. The zero-order chi connectivity index (χ0) is 17.2. The highest BCUT2D eigenvalue weighted by Crippen LogP contribution is 2.38. The molecule has 0 aliphatic carbocycles. The minimum absolute atomic E-state index is 0.0853. The molecule has 0 saturated carbocycles. The van der Waals surface area contributed by atoms with Crippen LogP contribution in [0.2, 0.25) is 5.04 Å². The summed E-state index contributed by atoms with van der Waals surface area (Å²) in [5, 5.41) is 12.6. The number of benzene rings is 2. The van der Waals surface area contributed by atoms with Crippen molar-refractivity contribution in [2.75, 3.05) is 6.61 Å². The molecule has 2 atom stereocenters. The van der Waals surface area contributed by atoms with E-state index in [1.807, 2.05) is 12.1 Å². The molecule has 0 amide bonds. The number of hydrogen-bond donors (Lipinski definition) is 1. The van der Waals surface area contributed by atoms with E-state index in [9.17, 15) is 5.11 Å². The molecular weight excluding hydrogens is 316 g/mol. The first-order valence-corrected chi connectivity index (χ1v) is 10.4. The van der Waals surface area contributed by atoms with Crippen molar-refractivity contribution >= 4 is 18.7 Å². The summed E-state index contributed by atoms with van der Waals surface area (Å²) in [4.78, 5) is 0.